The molecule has 1 aliphatic carbocycles. The molecule has 21 heavy (non-hydrogen) atoms. The predicted molar refractivity (Wildman–Crippen MR) is 77.6 cm³/mol. The molecule has 2 atom stereocenters. The van der Waals surface area contributed by atoms with Gasteiger partial charge in [-0.05, 0) is 31.4 Å². The maximum atomic E-state index is 13.7. The number of carbonyl (C=O) groups excluding carboxylic acids is 1. The molecule has 1 aromatic carbocycles. The van der Waals surface area contributed by atoms with Gasteiger partial charge in [-0.3, -0.25) is 9.59 Å². The van der Waals surface area contributed by atoms with Crippen LogP contribution in [0.15, 0.2) is 29.1 Å². The number of para-hydroxylation sites is 1. The van der Waals surface area contributed by atoms with Crippen molar-refractivity contribution < 1.29 is 9.18 Å². The van der Waals surface area contributed by atoms with Gasteiger partial charge in [-0.2, -0.15) is 0 Å². The summed E-state index contributed by atoms with van der Waals surface area (Å²) in [6.45, 7) is 0. The highest BCUT2D eigenvalue weighted by atomic mass is 19.1. The fourth-order valence-electron chi connectivity index (χ4n) is 2.77. The number of aromatic amines is 1. The molecule has 110 valence electrons. The third-order valence-electron chi connectivity index (χ3n) is 3.87. The summed E-state index contributed by atoms with van der Waals surface area (Å²) >= 11 is 0. The number of hydrogen-bond acceptors (Lipinski definition) is 3. The molecule has 0 aliphatic heterocycles. The van der Waals surface area contributed by atoms with E-state index in [1.807, 2.05) is 0 Å². The van der Waals surface area contributed by atoms with Gasteiger partial charge in [0.15, 0.2) is 5.43 Å². The summed E-state index contributed by atoms with van der Waals surface area (Å²) in [4.78, 5) is 26.8. The molecule has 0 saturated heterocycles. The van der Waals surface area contributed by atoms with Gasteiger partial charge in [0.25, 0.3) is 5.91 Å². The summed E-state index contributed by atoms with van der Waals surface area (Å²) in [5.74, 6) is -0.960. The molecule has 1 saturated carbocycles. The number of aromatic nitrogens is 1. The molecule has 0 radical (unpaired) electrons. The lowest BCUT2D eigenvalue weighted by Gasteiger charge is -2.12. The highest BCUT2D eigenvalue weighted by Gasteiger charge is 2.24. The standard InChI is InChI=1S/C15H16FN3O2/c16-11-3-1-2-10-13(20)7-12(19-14(10)11)15(21)18-9-5-4-8(17)6-9/h1-3,7-9H,4-6,17H2,(H,18,21)(H,19,20)/t8-,9-/m1/s1. The third-order valence-corrected chi connectivity index (χ3v) is 3.87. The van der Waals surface area contributed by atoms with E-state index in [0.717, 1.165) is 19.3 Å². The number of benzene rings is 1. The van der Waals surface area contributed by atoms with Crippen LogP contribution in [0.25, 0.3) is 10.9 Å². The van der Waals surface area contributed by atoms with E-state index in [0.29, 0.717) is 0 Å². The molecule has 2 aromatic rings. The van der Waals surface area contributed by atoms with Gasteiger partial charge in [0.1, 0.15) is 11.5 Å². The zero-order valence-electron chi connectivity index (χ0n) is 11.4. The van der Waals surface area contributed by atoms with Crippen LogP contribution < -0.4 is 16.5 Å². The molecule has 4 N–H and O–H groups in total. The van der Waals surface area contributed by atoms with Gasteiger partial charge in [-0.15, -0.1) is 0 Å². The number of fused-ring (bicyclic) bond motifs is 1. The zero-order valence-corrected chi connectivity index (χ0v) is 11.4. The average molecular weight is 289 g/mol. The molecule has 5 nitrogen and oxygen atoms in total. The Labute approximate surface area is 120 Å². The Morgan fingerprint density at radius 1 is 1.38 bits per heavy atom. The van der Waals surface area contributed by atoms with Crippen molar-refractivity contribution in [3.8, 4) is 0 Å². The van der Waals surface area contributed by atoms with Gasteiger partial charge < -0.3 is 16.0 Å². The first-order valence-electron chi connectivity index (χ1n) is 6.92. The van der Waals surface area contributed by atoms with Crippen LogP contribution in [0.3, 0.4) is 0 Å². The Morgan fingerprint density at radius 3 is 2.90 bits per heavy atom. The van der Waals surface area contributed by atoms with Gasteiger partial charge in [0.05, 0.1) is 5.52 Å². The molecular weight excluding hydrogens is 273 g/mol. The molecule has 1 heterocycles. The minimum atomic E-state index is -0.554. The summed E-state index contributed by atoms with van der Waals surface area (Å²) in [6, 6.07) is 5.54. The van der Waals surface area contributed by atoms with Crippen molar-refractivity contribution in [1.29, 1.82) is 0 Å². The molecule has 0 spiro atoms. The summed E-state index contributed by atoms with van der Waals surface area (Å²) in [6.07, 6.45) is 2.41. The molecule has 6 heteroatoms. The number of rotatable bonds is 2. The van der Waals surface area contributed by atoms with Gasteiger partial charge in [-0.1, -0.05) is 6.07 Å². The summed E-state index contributed by atoms with van der Waals surface area (Å²) < 4.78 is 13.7. The number of nitrogens with one attached hydrogen (secondary N) is 2. The SMILES string of the molecule is N[C@@H]1CC[C@@H](NC(=O)c2cc(=O)c3cccc(F)c3[nH]2)C1. The molecular formula is C15H16FN3O2. The summed E-state index contributed by atoms with van der Waals surface area (Å²) in [5, 5.41) is 3.06. The number of amides is 1. The van der Waals surface area contributed by atoms with Crippen LogP contribution in [0.5, 0.6) is 0 Å². The number of halogens is 1. The van der Waals surface area contributed by atoms with E-state index in [-0.39, 0.29) is 34.1 Å². The fraction of sp³-hybridized carbons (Fsp3) is 0.333. The number of hydrogen-bond donors (Lipinski definition) is 3. The smallest absolute Gasteiger partial charge is 0.268 e. The van der Waals surface area contributed by atoms with Crippen LogP contribution in [-0.2, 0) is 0 Å². The maximum Gasteiger partial charge on any atom is 0.268 e. The second-order valence-corrected chi connectivity index (χ2v) is 5.45. The van der Waals surface area contributed by atoms with Crippen molar-refractivity contribution in [1.82, 2.24) is 10.3 Å². The van der Waals surface area contributed by atoms with Crippen molar-refractivity contribution >= 4 is 16.8 Å². The lowest BCUT2D eigenvalue weighted by Crippen LogP contribution is -2.35. The highest BCUT2D eigenvalue weighted by molar-refractivity contribution is 5.95. The van der Waals surface area contributed by atoms with E-state index in [4.69, 9.17) is 5.73 Å². The van der Waals surface area contributed by atoms with Crippen LogP contribution in [0.2, 0.25) is 0 Å². The summed E-state index contributed by atoms with van der Waals surface area (Å²) in [5.41, 5.74) is 5.54. The van der Waals surface area contributed by atoms with Crippen molar-refractivity contribution in [2.75, 3.05) is 0 Å². The first kappa shape index (κ1) is 13.8. The van der Waals surface area contributed by atoms with E-state index in [9.17, 15) is 14.0 Å². The minimum Gasteiger partial charge on any atom is -0.348 e. The third kappa shape index (κ3) is 2.67. The number of carbonyl (C=O) groups is 1. The molecule has 1 fully saturated rings. The topological polar surface area (TPSA) is 88.0 Å². The Bertz CT molecular complexity index is 756. The first-order valence-corrected chi connectivity index (χ1v) is 6.92. The maximum absolute atomic E-state index is 13.7. The van der Waals surface area contributed by atoms with Crippen LogP contribution in [-0.4, -0.2) is 23.0 Å². The Morgan fingerprint density at radius 2 is 2.19 bits per heavy atom. The average Bonchev–Trinajstić information content (AvgIpc) is 2.85. The number of H-pyrrole nitrogens is 1. The van der Waals surface area contributed by atoms with Crippen LogP contribution in [0.1, 0.15) is 29.8 Å². The lowest BCUT2D eigenvalue weighted by atomic mass is 10.1. The first-order chi connectivity index (χ1) is 10.0. The van der Waals surface area contributed by atoms with Gasteiger partial charge in [-0.25, -0.2) is 4.39 Å². The van der Waals surface area contributed by atoms with E-state index in [1.54, 1.807) is 0 Å². The largest absolute Gasteiger partial charge is 0.348 e. The molecule has 0 bridgehead atoms. The van der Waals surface area contributed by atoms with E-state index in [1.165, 1.54) is 24.3 Å². The number of pyridine rings is 1. The van der Waals surface area contributed by atoms with E-state index in [2.05, 4.69) is 10.3 Å². The van der Waals surface area contributed by atoms with E-state index >= 15 is 0 Å². The number of nitrogens with two attached hydrogens (primary N) is 1. The predicted octanol–water partition coefficient (Wildman–Crippen LogP) is 1.28. The summed E-state index contributed by atoms with van der Waals surface area (Å²) in [7, 11) is 0. The van der Waals surface area contributed by atoms with Crippen LogP contribution >= 0.6 is 0 Å². The molecule has 0 unspecified atom stereocenters. The Balaban J connectivity index is 1.92. The molecule has 1 amide bonds. The van der Waals surface area contributed by atoms with E-state index < -0.39 is 11.7 Å². The minimum absolute atomic E-state index is 0.00678. The van der Waals surface area contributed by atoms with Crippen molar-refractivity contribution in [2.24, 2.45) is 5.73 Å². The highest BCUT2D eigenvalue weighted by Crippen LogP contribution is 2.18. The van der Waals surface area contributed by atoms with Crippen LogP contribution in [0.4, 0.5) is 4.39 Å². The molecule has 1 aromatic heterocycles. The zero-order chi connectivity index (χ0) is 15.0. The quantitative estimate of drug-likeness (QED) is 0.778. The monoisotopic (exact) mass is 289 g/mol. The Kier molecular flexibility index (Phi) is 3.47. The van der Waals surface area contributed by atoms with Crippen molar-refractivity contribution in [3.05, 3.63) is 46.0 Å². The van der Waals surface area contributed by atoms with Gasteiger partial charge in [0, 0.05) is 23.5 Å². The van der Waals surface area contributed by atoms with Crippen LogP contribution in [0, 0.1) is 5.82 Å². The van der Waals surface area contributed by atoms with Gasteiger partial charge in [0.2, 0.25) is 0 Å². The fourth-order valence-corrected chi connectivity index (χ4v) is 2.77. The molecule has 3 rings (SSSR count). The normalized spacial score (nSPS) is 21.6. The van der Waals surface area contributed by atoms with Crippen molar-refractivity contribution in [3.63, 3.8) is 0 Å². The Hall–Kier alpha value is -2.21. The lowest BCUT2D eigenvalue weighted by molar-refractivity contribution is 0.0933. The second kappa shape index (κ2) is 5.29. The second-order valence-electron chi connectivity index (χ2n) is 5.45. The van der Waals surface area contributed by atoms with Gasteiger partial charge >= 0.3 is 0 Å². The molecule has 1 aliphatic rings. The van der Waals surface area contributed by atoms with Crippen molar-refractivity contribution in [2.45, 2.75) is 31.3 Å².